The zero-order valence-corrected chi connectivity index (χ0v) is 19.4. The molecule has 3 aromatic rings. The van der Waals surface area contributed by atoms with Gasteiger partial charge in [0.2, 0.25) is 15.2 Å². The Bertz CT molecular complexity index is 1150. The molecule has 0 spiro atoms. The number of rotatable bonds is 11. The van der Waals surface area contributed by atoms with Crippen LogP contribution in [-0.2, 0) is 16.4 Å². The van der Waals surface area contributed by atoms with Crippen molar-refractivity contribution < 1.29 is 17.9 Å². The number of hydrogen-bond acceptors (Lipinski definition) is 7. The van der Waals surface area contributed by atoms with Gasteiger partial charge in [-0.1, -0.05) is 42.1 Å². The predicted molar refractivity (Wildman–Crippen MR) is 123 cm³/mol. The Kier molecular flexibility index (Phi) is 8.26. The van der Waals surface area contributed by atoms with E-state index in [1.807, 2.05) is 37.3 Å². The molecule has 1 aromatic heterocycles. The van der Waals surface area contributed by atoms with E-state index in [0.717, 1.165) is 11.4 Å². The van der Waals surface area contributed by atoms with Crippen molar-refractivity contribution >= 4 is 27.7 Å². The molecule has 0 saturated heterocycles. The summed E-state index contributed by atoms with van der Waals surface area (Å²) >= 11 is 1.41. The number of aryl methyl sites for hydroxylation is 1. The molecule has 0 atom stereocenters. The molecule has 0 saturated carbocycles. The molecule has 0 aliphatic carbocycles. The molecule has 170 valence electrons. The van der Waals surface area contributed by atoms with Gasteiger partial charge < -0.3 is 10.1 Å². The summed E-state index contributed by atoms with van der Waals surface area (Å²) in [4.78, 5) is 16.6. The first-order valence-electron chi connectivity index (χ1n) is 9.90. The maximum atomic E-state index is 12.9. The van der Waals surface area contributed by atoms with E-state index in [1.165, 1.54) is 37.1 Å². The van der Waals surface area contributed by atoms with Gasteiger partial charge >= 0.3 is 0 Å². The molecule has 0 fully saturated rings. The van der Waals surface area contributed by atoms with Gasteiger partial charge in [0, 0.05) is 24.4 Å². The molecular weight excluding hydrogens is 450 g/mol. The predicted octanol–water partition coefficient (Wildman–Crippen LogP) is 2.16. The fourth-order valence-electron chi connectivity index (χ4n) is 2.88. The Morgan fingerprint density at radius 1 is 1.16 bits per heavy atom. The smallest absolute Gasteiger partial charge is 0.251 e. The van der Waals surface area contributed by atoms with Crippen LogP contribution in [0.5, 0.6) is 5.75 Å². The minimum atomic E-state index is -3.87. The second-order valence-electron chi connectivity index (χ2n) is 6.81. The van der Waals surface area contributed by atoms with E-state index in [2.05, 4.69) is 25.2 Å². The van der Waals surface area contributed by atoms with Crippen molar-refractivity contribution in [3.8, 4) is 5.75 Å². The fraction of sp³-hybridized carbons (Fsp3) is 0.286. The number of thioether (sulfide) groups is 1. The van der Waals surface area contributed by atoms with Gasteiger partial charge in [0.15, 0.2) is 0 Å². The SMILES string of the molecule is COc1ccc(C(=O)NCCSc2n[nH]c(C)n2)cc1S(=O)(=O)NCCc1ccccc1. The largest absolute Gasteiger partial charge is 0.495 e. The molecule has 1 heterocycles. The van der Waals surface area contributed by atoms with E-state index in [4.69, 9.17) is 4.74 Å². The molecule has 0 unspecified atom stereocenters. The van der Waals surface area contributed by atoms with Crippen molar-refractivity contribution in [1.29, 1.82) is 0 Å². The first-order chi connectivity index (χ1) is 15.4. The summed E-state index contributed by atoms with van der Waals surface area (Å²) in [5.74, 6) is 1.09. The molecule has 1 amide bonds. The Labute approximate surface area is 191 Å². The molecule has 2 aromatic carbocycles. The van der Waals surface area contributed by atoms with Gasteiger partial charge in [-0.2, -0.15) is 0 Å². The van der Waals surface area contributed by atoms with Crippen molar-refractivity contribution in [2.45, 2.75) is 23.4 Å². The Morgan fingerprint density at radius 2 is 1.94 bits per heavy atom. The van der Waals surface area contributed by atoms with Gasteiger partial charge in [-0.15, -0.1) is 5.10 Å². The van der Waals surface area contributed by atoms with Crippen LogP contribution in [0.1, 0.15) is 21.7 Å². The quantitative estimate of drug-likeness (QED) is 0.287. The van der Waals surface area contributed by atoms with Crippen molar-refractivity contribution in [2.75, 3.05) is 26.0 Å². The Hall–Kier alpha value is -2.89. The van der Waals surface area contributed by atoms with Gasteiger partial charge in [-0.05, 0) is 37.1 Å². The number of sulfonamides is 1. The number of aromatic nitrogens is 3. The van der Waals surface area contributed by atoms with Crippen LogP contribution in [-0.4, -0.2) is 55.5 Å². The average molecular weight is 476 g/mol. The van der Waals surface area contributed by atoms with E-state index in [9.17, 15) is 13.2 Å². The number of H-pyrrole nitrogens is 1. The molecule has 11 heteroatoms. The van der Waals surface area contributed by atoms with Gasteiger partial charge in [0.1, 0.15) is 16.5 Å². The summed E-state index contributed by atoms with van der Waals surface area (Å²) in [6.45, 7) is 2.41. The zero-order chi connectivity index (χ0) is 23.0. The van der Waals surface area contributed by atoms with E-state index < -0.39 is 10.0 Å². The lowest BCUT2D eigenvalue weighted by atomic mass is 10.2. The van der Waals surface area contributed by atoms with Crippen molar-refractivity contribution in [1.82, 2.24) is 25.2 Å². The third-order valence-corrected chi connectivity index (χ3v) is 6.79. The van der Waals surface area contributed by atoms with E-state index in [1.54, 1.807) is 0 Å². The number of ether oxygens (including phenoxy) is 1. The van der Waals surface area contributed by atoms with Gasteiger partial charge in [-0.3, -0.25) is 9.89 Å². The van der Waals surface area contributed by atoms with E-state index >= 15 is 0 Å². The van der Waals surface area contributed by atoms with Crippen LogP contribution in [0, 0.1) is 6.92 Å². The molecule has 0 radical (unpaired) electrons. The molecule has 9 nitrogen and oxygen atoms in total. The average Bonchev–Trinajstić information content (AvgIpc) is 3.21. The molecule has 3 rings (SSSR count). The second kappa shape index (κ2) is 11.1. The monoisotopic (exact) mass is 475 g/mol. The maximum absolute atomic E-state index is 12.9. The highest BCUT2D eigenvalue weighted by Crippen LogP contribution is 2.25. The van der Waals surface area contributed by atoms with Crippen LogP contribution in [0.15, 0.2) is 58.6 Å². The van der Waals surface area contributed by atoms with Gasteiger partial charge in [-0.25, -0.2) is 18.1 Å². The highest BCUT2D eigenvalue weighted by atomic mass is 32.2. The lowest BCUT2D eigenvalue weighted by molar-refractivity contribution is 0.0956. The number of aromatic amines is 1. The summed E-state index contributed by atoms with van der Waals surface area (Å²) in [5.41, 5.74) is 1.25. The maximum Gasteiger partial charge on any atom is 0.251 e. The minimum Gasteiger partial charge on any atom is -0.495 e. The number of carbonyl (C=O) groups is 1. The summed E-state index contributed by atoms with van der Waals surface area (Å²) in [5, 5.41) is 10.2. The lowest BCUT2D eigenvalue weighted by Crippen LogP contribution is -2.28. The first-order valence-corrected chi connectivity index (χ1v) is 12.4. The highest BCUT2D eigenvalue weighted by molar-refractivity contribution is 7.99. The van der Waals surface area contributed by atoms with E-state index in [0.29, 0.717) is 23.9 Å². The number of methoxy groups -OCH3 is 1. The van der Waals surface area contributed by atoms with E-state index in [-0.39, 0.29) is 28.7 Å². The molecular formula is C21H25N5O4S2. The normalized spacial score (nSPS) is 11.3. The van der Waals surface area contributed by atoms with Crippen LogP contribution < -0.4 is 14.8 Å². The van der Waals surface area contributed by atoms with Crippen LogP contribution in [0.3, 0.4) is 0 Å². The standard InChI is InChI=1S/C21H25N5O4S2/c1-15-24-21(26-25-15)31-13-12-22-20(27)17-8-9-18(30-2)19(14-17)32(28,29)23-11-10-16-6-4-3-5-7-16/h3-9,14,23H,10-13H2,1-2H3,(H,22,27)(H,24,25,26). The summed E-state index contributed by atoms with van der Waals surface area (Å²) < 4.78 is 33.5. The Balaban J connectivity index is 1.61. The summed E-state index contributed by atoms with van der Waals surface area (Å²) in [6, 6.07) is 13.9. The third kappa shape index (κ3) is 6.55. The number of nitrogens with one attached hydrogen (secondary N) is 3. The lowest BCUT2D eigenvalue weighted by Gasteiger charge is -2.13. The summed E-state index contributed by atoms with van der Waals surface area (Å²) in [7, 11) is -2.48. The molecule has 0 bridgehead atoms. The van der Waals surface area contributed by atoms with Crippen molar-refractivity contribution in [3.05, 3.63) is 65.5 Å². The van der Waals surface area contributed by atoms with Crippen molar-refractivity contribution in [3.63, 3.8) is 0 Å². The highest BCUT2D eigenvalue weighted by Gasteiger charge is 2.21. The molecule has 0 aliphatic rings. The molecule has 32 heavy (non-hydrogen) atoms. The van der Waals surface area contributed by atoms with Gasteiger partial charge in [0.25, 0.3) is 5.91 Å². The number of nitrogens with zero attached hydrogens (tertiary/aromatic N) is 2. The topological polar surface area (TPSA) is 126 Å². The Morgan fingerprint density at radius 3 is 2.62 bits per heavy atom. The van der Waals surface area contributed by atoms with Crippen molar-refractivity contribution in [2.24, 2.45) is 0 Å². The number of hydrogen-bond donors (Lipinski definition) is 3. The fourth-order valence-corrected chi connectivity index (χ4v) is 4.80. The molecule has 3 N–H and O–H groups in total. The number of benzene rings is 2. The minimum absolute atomic E-state index is 0.0775. The van der Waals surface area contributed by atoms with Crippen LogP contribution in [0.2, 0.25) is 0 Å². The van der Waals surface area contributed by atoms with Crippen LogP contribution in [0.25, 0.3) is 0 Å². The number of amides is 1. The van der Waals surface area contributed by atoms with Gasteiger partial charge in [0.05, 0.1) is 7.11 Å². The molecule has 0 aliphatic heterocycles. The second-order valence-corrected chi connectivity index (χ2v) is 9.60. The number of carbonyl (C=O) groups excluding carboxylic acids is 1. The summed E-state index contributed by atoms with van der Waals surface area (Å²) in [6.07, 6.45) is 0.546. The first kappa shape index (κ1) is 23.8. The van der Waals surface area contributed by atoms with Crippen LogP contribution in [0.4, 0.5) is 0 Å². The van der Waals surface area contributed by atoms with Crippen LogP contribution >= 0.6 is 11.8 Å². The third-order valence-electron chi connectivity index (χ3n) is 4.46. The zero-order valence-electron chi connectivity index (χ0n) is 17.8.